The predicted octanol–water partition coefficient (Wildman–Crippen LogP) is 3.36. The average Bonchev–Trinajstić information content (AvgIpc) is 3.20. The highest BCUT2D eigenvalue weighted by atomic mass is 32.1. The van der Waals surface area contributed by atoms with Crippen molar-refractivity contribution >= 4 is 29.0 Å². The number of hydrogen-bond donors (Lipinski definition) is 1. The van der Waals surface area contributed by atoms with Gasteiger partial charge in [-0.3, -0.25) is 4.79 Å². The van der Waals surface area contributed by atoms with Crippen LogP contribution < -0.4 is 4.90 Å². The fraction of sp³-hybridized carbons (Fsp3) is 0.421. The number of rotatable bonds is 6. The van der Waals surface area contributed by atoms with Gasteiger partial charge < -0.3 is 14.9 Å². The van der Waals surface area contributed by atoms with E-state index in [0.29, 0.717) is 18.9 Å². The van der Waals surface area contributed by atoms with E-state index >= 15 is 0 Å². The number of amides is 1. The number of aromatic carboxylic acids is 1. The van der Waals surface area contributed by atoms with Gasteiger partial charge in [-0.25, -0.2) is 9.78 Å². The molecule has 2 aromatic rings. The molecule has 1 N–H and O–H groups in total. The third kappa shape index (κ3) is 3.88. The van der Waals surface area contributed by atoms with Gasteiger partial charge >= 0.3 is 5.97 Å². The Morgan fingerprint density at radius 2 is 2.08 bits per heavy atom. The highest BCUT2D eigenvalue weighted by Crippen LogP contribution is 2.25. The molecule has 0 aromatic carbocycles. The first-order valence-electron chi connectivity index (χ1n) is 8.89. The molecule has 0 bridgehead atoms. The molecule has 0 atom stereocenters. The Morgan fingerprint density at radius 1 is 1.31 bits per heavy atom. The second-order valence-corrected chi connectivity index (χ2v) is 7.32. The van der Waals surface area contributed by atoms with Crippen LogP contribution in [0.1, 0.15) is 46.2 Å². The molecule has 138 valence electrons. The number of carbonyl (C=O) groups is 2. The van der Waals surface area contributed by atoms with Crippen LogP contribution in [0.3, 0.4) is 0 Å². The molecule has 1 amide bonds. The third-order valence-electron chi connectivity index (χ3n) is 4.68. The summed E-state index contributed by atoms with van der Waals surface area (Å²) in [6, 6.07) is 7.18. The summed E-state index contributed by atoms with van der Waals surface area (Å²) < 4.78 is 0. The monoisotopic (exact) mass is 373 g/mol. The van der Waals surface area contributed by atoms with E-state index in [1.165, 1.54) is 11.3 Å². The van der Waals surface area contributed by atoms with Gasteiger partial charge in [-0.15, -0.1) is 11.3 Å². The molecule has 1 saturated heterocycles. The fourth-order valence-electron chi connectivity index (χ4n) is 3.44. The number of piperidine rings is 1. The van der Waals surface area contributed by atoms with Gasteiger partial charge in [0.25, 0.3) is 5.91 Å². The normalized spacial score (nSPS) is 15.0. The molecule has 1 fully saturated rings. The molecule has 2 aromatic heterocycles. The molecule has 1 aliphatic rings. The molecular weight excluding hydrogens is 350 g/mol. The number of anilines is 1. The zero-order chi connectivity index (χ0) is 18.5. The van der Waals surface area contributed by atoms with Crippen molar-refractivity contribution in [1.29, 1.82) is 0 Å². The predicted molar refractivity (Wildman–Crippen MR) is 102 cm³/mol. The lowest BCUT2D eigenvalue weighted by Crippen LogP contribution is -2.48. The van der Waals surface area contributed by atoms with E-state index in [1.807, 2.05) is 27.3 Å². The van der Waals surface area contributed by atoms with E-state index in [9.17, 15) is 14.7 Å². The molecule has 7 heteroatoms. The molecule has 26 heavy (non-hydrogen) atoms. The molecule has 0 spiro atoms. The minimum absolute atomic E-state index is 0.101. The first-order valence-corrected chi connectivity index (χ1v) is 9.77. The Kier molecular flexibility index (Phi) is 5.88. The van der Waals surface area contributed by atoms with E-state index in [0.717, 1.165) is 30.7 Å². The van der Waals surface area contributed by atoms with Gasteiger partial charge in [-0.1, -0.05) is 13.0 Å². The minimum Gasteiger partial charge on any atom is -0.478 e. The maximum atomic E-state index is 12.8. The second kappa shape index (κ2) is 8.31. The van der Waals surface area contributed by atoms with E-state index in [4.69, 9.17) is 0 Å². The fourth-order valence-corrected chi connectivity index (χ4v) is 4.12. The summed E-state index contributed by atoms with van der Waals surface area (Å²) in [5.41, 5.74) is 0.228. The quantitative estimate of drug-likeness (QED) is 0.840. The van der Waals surface area contributed by atoms with Crippen LogP contribution in [0.4, 0.5) is 5.82 Å². The lowest BCUT2D eigenvalue weighted by molar-refractivity contribution is 0.0654. The van der Waals surface area contributed by atoms with Gasteiger partial charge in [-0.2, -0.15) is 0 Å². The zero-order valence-corrected chi connectivity index (χ0v) is 15.6. The van der Waals surface area contributed by atoms with Crippen LogP contribution in [0.15, 0.2) is 35.8 Å². The Morgan fingerprint density at radius 3 is 2.69 bits per heavy atom. The van der Waals surface area contributed by atoms with E-state index in [1.54, 1.807) is 18.3 Å². The van der Waals surface area contributed by atoms with Crippen LogP contribution in [0.5, 0.6) is 0 Å². The molecule has 3 heterocycles. The summed E-state index contributed by atoms with van der Waals surface area (Å²) in [7, 11) is 0. The van der Waals surface area contributed by atoms with Crippen LogP contribution in [-0.4, -0.2) is 52.5 Å². The number of carboxylic acid groups (broad SMARTS) is 1. The first kappa shape index (κ1) is 18.4. The number of thiophene rings is 1. The Labute approximate surface area is 157 Å². The van der Waals surface area contributed by atoms with Gasteiger partial charge in [0.1, 0.15) is 11.4 Å². The molecule has 0 radical (unpaired) electrons. The van der Waals surface area contributed by atoms with Crippen LogP contribution in [-0.2, 0) is 0 Å². The van der Waals surface area contributed by atoms with Crippen molar-refractivity contribution in [2.75, 3.05) is 24.5 Å². The highest BCUT2D eigenvalue weighted by molar-refractivity contribution is 7.12. The maximum Gasteiger partial charge on any atom is 0.339 e. The largest absolute Gasteiger partial charge is 0.478 e. The van der Waals surface area contributed by atoms with Crippen LogP contribution in [0.2, 0.25) is 0 Å². The van der Waals surface area contributed by atoms with Gasteiger partial charge in [-0.05, 0) is 42.8 Å². The lowest BCUT2D eigenvalue weighted by atomic mass is 10.0. The van der Waals surface area contributed by atoms with E-state index in [-0.39, 0.29) is 17.5 Å². The number of carboxylic acids is 1. The van der Waals surface area contributed by atoms with Crippen molar-refractivity contribution in [2.24, 2.45) is 0 Å². The summed E-state index contributed by atoms with van der Waals surface area (Å²) in [6.07, 6.45) is 4.16. The standard InChI is InChI=1S/C19H23N3O3S/c1-2-10-22(18(23)16-6-4-13-26-16)14-7-11-21(12-8-14)17-15(19(24)25)5-3-9-20-17/h3-6,9,13-14H,2,7-8,10-12H2,1H3,(H,24,25). The number of pyridine rings is 1. The number of nitrogens with zero attached hydrogens (tertiary/aromatic N) is 3. The van der Waals surface area contributed by atoms with E-state index in [2.05, 4.69) is 11.9 Å². The van der Waals surface area contributed by atoms with Crippen LogP contribution in [0.25, 0.3) is 0 Å². The Hall–Kier alpha value is -2.41. The van der Waals surface area contributed by atoms with Crippen molar-refractivity contribution in [3.8, 4) is 0 Å². The van der Waals surface area contributed by atoms with Crippen molar-refractivity contribution < 1.29 is 14.7 Å². The highest BCUT2D eigenvalue weighted by Gasteiger charge is 2.30. The first-order chi connectivity index (χ1) is 12.6. The van der Waals surface area contributed by atoms with Crippen molar-refractivity contribution in [1.82, 2.24) is 9.88 Å². The van der Waals surface area contributed by atoms with Gasteiger partial charge in [0.2, 0.25) is 0 Å². The summed E-state index contributed by atoms with van der Waals surface area (Å²) in [5, 5.41) is 11.3. The topological polar surface area (TPSA) is 73.7 Å². The molecule has 0 aliphatic carbocycles. The minimum atomic E-state index is -0.962. The second-order valence-electron chi connectivity index (χ2n) is 6.37. The molecule has 6 nitrogen and oxygen atoms in total. The zero-order valence-electron chi connectivity index (χ0n) is 14.8. The maximum absolute atomic E-state index is 12.8. The number of carbonyl (C=O) groups excluding carboxylic acids is 1. The molecule has 0 saturated carbocycles. The summed E-state index contributed by atoms with van der Waals surface area (Å²) in [4.78, 5) is 33.3. The van der Waals surface area contributed by atoms with Gasteiger partial charge in [0, 0.05) is 31.9 Å². The average molecular weight is 373 g/mol. The smallest absolute Gasteiger partial charge is 0.339 e. The molecule has 0 unspecified atom stereocenters. The number of hydrogen-bond acceptors (Lipinski definition) is 5. The van der Waals surface area contributed by atoms with Crippen molar-refractivity contribution in [3.63, 3.8) is 0 Å². The van der Waals surface area contributed by atoms with Gasteiger partial charge in [0.15, 0.2) is 0 Å². The molecule has 3 rings (SSSR count). The number of aromatic nitrogens is 1. The third-order valence-corrected chi connectivity index (χ3v) is 5.54. The Bertz CT molecular complexity index is 755. The van der Waals surface area contributed by atoms with Crippen molar-refractivity contribution in [3.05, 3.63) is 46.3 Å². The SMILES string of the molecule is CCCN(C(=O)c1cccs1)C1CCN(c2ncccc2C(=O)O)CC1. The van der Waals surface area contributed by atoms with Crippen molar-refractivity contribution in [2.45, 2.75) is 32.2 Å². The van der Waals surface area contributed by atoms with Gasteiger partial charge in [0.05, 0.1) is 4.88 Å². The van der Waals surface area contributed by atoms with E-state index < -0.39 is 5.97 Å². The summed E-state index contributed by atoms with van der Waals surface area (Å²) in [5.74, 6) is -0.342. The summed E-state index contributed by atoms with van der Waals surface area (Å²) >= 11 is 1.47. The summed E-state index contributed by atoms with van der Waals surface area (Å²) in [6.45, 7) is 4.21. The lowest BCUT2D eigenvalue weighted by Gasteiger charge is -2.39. The Balaban J connectivity index is 1.70. The molecular formula is C19H23N3O3S. The van der Waals surface area contributed by atoms with Crippen LogP contribution >= 0.6 is 11.3 Å². The molecule has 1 aliphatic heterocycles. The van der Waals surface area contributed by atoms with Crippen LogP contribution in [0, 0.1) is 0 Å².